The lowest BCUT2D eigenvalue weighted by molar-refractivity contribution is 0.280. The van der Waals surface area contributed by atoms with Gasteiger partial charge in [-0.3, -0.25) is 0 Å². The normalized spacial score (nSPS) is 30.1. The molecule has 1 nitrogen and oxygen atoms in total. The Morgan fingerprint density at radius 1 is 1.40 bits per heavy atom. The third-order valence-electron chi connectivity index (χ3n) is 5.28. The maximum absolute atomic E-state index is 3.80. The average Bonchev–Trinajstić information content (AvgIpc) is 3.11. The summed E-state index contributed by atoms with van der Waals surface area (Å²) in [6.07, 6.45) is 8.62. The maximum atomic E-state index is 3.80. The Labute approximate surface area is 135 Å². The van der Waals surface area contributed by atoms with Gasteiger partial charge >= 0.3 is 0 Å². The first-order valence-electron chi connectivity index (χ1n) is 8.16. The van der Waals surface area contributed by atoms with Crippen molar-refractivity contribution in [3.63, 3.8) is 0 Å². The van der Waals surface area contributed by atoms with Crippen LogP contribution in [0.2, 0.25) is 0 Å². The maximum Gasteiger partial charge on any atom is 0.0418 e. The van der Waals surface area contributed by atoms with E-state index in [1.165, 1.54) is 52.8 Å². The van der Waals surface area contributed by atoms with E-state index in [1.54, 1.807) is 0 Å². The lowest BCUT2D eigenvalue weighted by Crippen LogP contribution is -2.25. The molecule has 0 radical (unpaired) electrons. The van der Waals surface area contributed by atoms with Gasteiger partial charge in [0.2, 0.25) is 0 Å². The molecule has 1 heterocycles. The van der Waals surface area contributed by atoms with E-state index in [9.17, 15) is 0 Å². The van der Waals surface area contributed by atoms with E-state index in [-0.39, 0.29) is 0 Å². The number of hydrogen-bond acceptors (Lipinski definition) is 2. The molecule has 20 heavy (non-hydrogen) atoms. The van der Waals surface area contributed by atoms with Crippen LogP contribution in [0.4, 0.5) is 0 Å². The van der Waals surface area contributed by atoms with Gasteiger partial charge in [0.25, 0.3) is 0 Å². The summed E-state index contributed by atoms with van der Waals surface area (Å²) in [7, 11) is 0. The second kappa shape index (κ2) is 6.50. The summed E-state index contributed by atoms with van der Waals surface area (Å²) < 4.78 is 1.29. The van der Waals surface area contributed by atoms with Crippen LogP contribution in [0.1, 0.15) is 61.2 Å². The molecule has 2 aliphatic carbocycles. The van der Waals surface area contributed by atoms with Crippen molar-refractivity contribution in [2.75, 3.05) is 6.54 Å². The van der Waals surface area contributed by atoms with E-state index >= 15 is 0 Å². The van der Waals surface area contributed by atoms with Crippen LogP contribution in [0.15, 0.2) is 10.5 Å². The van der Waals surface area contributed by atoms with E-state index in [0.717, 1.165) is 24.3 Å². The average molecular weight is 356 g/mol. The van der Waals surface area contributed by atoms with Crippen molar-refractivity contribution in [1.82, 2.24) is 5.32 Å². The number of fused-ring (bicyclic) bond motifs is 2. The lowest BCUT2D eigenvalue weighted by atomic mass is 9.84. The Morgan fingerprint density at radius 2 is 2.25 bits per heavy atom. The van der Waals surface area contributed by atoms with Crippen molar-refractivity contribution in [3.05, 3.63) is 20.3 Å². The Balaban J connectivity index is 1.69. The molecule has 2 saturated carbocycles. The lowest BCUT2D eigenvalue weighted by Gasteiger charge is -2.27. The van der Waals surface area contributed by atoms with Crippen LogP contribution in [0, 0.1) is 24.7 Å². The third-order valence-corrected chi connectivity index (χ3v) is 7.53. The number of aryl methyl sites for hydroxylation is 1. The predicted molar refractivity (Wildman–Crippen MR) is 91.3 cm³/mol. The Morgan fingerprint density at radius 3 is 2.80 bits per heavy atom. The first kappa shape index (κ1) is 15.1. The molecule has 2 bridgehead atoms. The zero-order chi connectivity index (χ0) is 14.1. The van der Waals surface area contributed by atoms with Gasteiger partial charge in [-0.15, -0.1) is 11.3 Å². The quantitative estimate of drug-likeness (QED) is 0.691. The second-order valence-corrected chi connectivity index (χ2v) is 8.87. The zero-order valence-electron chi connectivity index (χ0n) is 12.6. The van der Waals surface area contributed by atoms with Crippen molar-refractivity contribution >= 4 is 27.3 Å². The fourth-order valence-corrected chi connectivity index (χ4v) is 5.89. The molecular weight excluding hydrogens is 330 g/mol. The van der Waals surface area contributed by atoms with Gasteiger partial charge in [0.1, 0.15) is 0 Å². The summed E-state index contributed by atoms with van der Waals surface area (Å²) in [4.78, 5) is 2.95. The highest BCUT2D eigenvalue weighted by atomic mass is 79.9. The standard InChI is InChI=1S/C17H26BrNS/c1-3-6-19-16(17-10-15(18)11(2)20-17)9-14-8-12-4-5-13(14)7-12/h10,12-14,16,19H,3-9H2,1-2H3. The molecule has 4 atom stereocenters. The highest BCUT2D eigenvalue weighted by Gasteiger charge is 2.40. The van der Waals surface area contributed by atoms with Gasteiger partial charge in [-0.1, -0.05) is 13.3 Å². The molecule has 3 rings (SSSR count). The predicted octanol–water partition coefficient (Wildman–Crippen LogP) is 5.69. The smallest absolute Gasteiger partial charge is 0.0418 e. The van der Waals surface area contributed by atoms with E-state index in [1.807, 2.05) is 11.3 Å². The van der Waals surface area contributed by atoms with Crippen LogP contribution < -0.4 is 5.32 Å². The highest BCUT2D eigenvalue weighted by molar-refractivity contribution is 9.10. The molecular formula is C17H26BrNS. The van der Waals surface area contributed by atoms with Crippen molar-refractivity contribution in [2.45, 2.75) is 58.4 Å². The van der Waals surface area contributed by atoms with Crippen LogP contribution in [-0.4, -0.2) is 6.54 Å². The Bertz CT molecular complexity index is 436. The number of nitrogens with one attached hydrogen (secondary N) is 1. The largest absolute Gasteiger partial charge is 0.309 e. The Hall–Kier alpha value is 0.140. The van der Waals surface area contributed by atoms with Crippen LogP contribution in [0.25, 0.3) is 0 Å². The molecule has 0 spiro atoms. The van der Waals surface area contributed by atoms with E-state index in [4.69, 9.17) is 0 Å². The monoisotopic (exact) mass is 355 g/mol. The molecule has 0 aliphatic heterocycles. The van der Waals surface area contributed by atoms with Crippen LogP contribution >= 0.6 is 27.3 Å². The van der Waals surface area contributed by atoms with E-state index in [0.29, 0.717) is 6.04 Å². The molecule has 1 aromatic heterocycles. The summed E-state index contributed by atoms with van der Waals surface area (Å²) in [5, 5.41) is 3.80. The minimum absolute atomic E-state index is 0.578. The van der Waals surface area contributed by atoms with Crippen LogP contribution in [0.5, 0.6) is 0 Å². The molecule has 1 aromatic rings. The fourth-order valence-electron chi connectivity index (χ4n) is 4.24. The first-order chi connectivity index (χ1) is 9.67. The van der Waals surface area contributed by atoms with Crippen molar-refractivity contribution in [3.8, 4) is 0 Å². The molecule has 1 N–H and O–H groups in total. The Kier molecular flexibility index (Phi) is 4.89. The van der Waals surface area contributed by atoms with Crippen LogP contribution in [0.3, 0.4) is 0 Å². The van der Waals surface area contributed by atoms with Gasteiger partial charge in [-0.2, -0.15) is 0 Å². The van der Waals surface area contributed by atoms with E-state index < -0.39 is 0 Å². The summed E-state index contributed by atoms with van der Waals surface area (Å²) in [6.45, 7) is 5.61. The van der Waals surface area contributed by atoms with Crippen LogP contribution in [-0.2, 0) is 0 Å². The van der Waals surface area contributed by atoms with Gasteiger partial charge < -0.3 is 5.32 Å². The van der Waals surface area contributed by atoms with E-state index in [2.05, 4.69) is 41.2 Å². The highest BCUT2D eigenvalue weighted by Crippen LogP contribution is 2.51. The third kappa shape index (κ3) is 3.15. The van der Waals surface area contributed by atoms with Gasteiger partial charge in [0.05, 0.1) is 0 Å². The summed E-state index contributed by atoms with van der Waals surface area (Å²) in [6, 6.07) is 2.93. The molecule has 0 amide bonds. The summed E-state index contributed by atoms with van der Waals surface area (Å²) >= 11 is 5.65. The SMILES string of the molecule is CCCNC(CC1CC2CCC1C2)c1cc(Br)c(C)s1. The van der Waals surface area contributed by atoms with Gasteiger partial charge in [-0.25, -0.2) is 0 Å². The number of thiophene rings is 1. The van der Waals surface area contributed by atoms with Crippen molar-refractivity contribution in [1.29, 1.82) is 0 Å². The molecule has 3 heteroatoms. The molecule has 2 fully saturated rings. The molecule has 2 aliphatic rings. The van der Waals surface area contributed by atoms with Gasteiger partial charge in [0, 0.05) is 20.3 Å². The second-order valence-electron chi connectivity index (χ2n) is 6.73. The zero-order valence-corrected chi connectivity index (χ0v) is 15.0. The fraction of sp³-hybridized carbons (Fsp3) is 0.765. The minimum atomic E-state index is 0.578. The number of halogens is 1. The van der Waals surface area contributed by atoms with Gasteiger partial charge in [-0.05, 0) is 85.3 Å². The minimum Gasteiger partial charge on any atom is -0.309 e. The number of rotatable bonds is 6. The topological polar surface area (TPSA) is 12.0 Å². The molecule has 0 aromatic carbocycles. The number of hydrogen-bond donors (Lipinski definition) is 1. The van der Waals surface area contributed by atoms with Gasteiger partial charge in [0.15, 0.2) is 0 Å². The van der Waals surface area contributed by atoms with Crippen molar-refractivity contribution < 1.29 is 0 Å². The van der Waals surface area contributed by atoms with Crippen molar-refractivity contribution in [2.24, 2.45) is 17.8 Å². The molecule has 4 unspecified atom stereocenters. The molecule has 112 valence electrons. The summed E-state index contributed by atoms with van der Waals surface area (Å²) in [5.74, 6) is 3.08. The first-order valence-corrected chi connectivity index (χ1v) is 9.77. The summed E-state index contributed by atoms with van der Waals surface area (Å²) in [5.41, 5.74) is 0. The molecule has 0 saturated heterocycles.